The molecular formula is C15H13BrFNO2. The van der Waals surface area contributed by atoms with E-state index in [9.17, 15) is 9.18 Å². The predicted octanol–water partition coefficient (Wildman–Crippen LogP) is 3.83. The molecule has 0 unspecified atom stereocenters. The molecule has 0 aliphatic rings. The maximum Gasteiger partial charge on any atom is 0.307 e. The third kappa shape index (κ3) is 3.81. The molecular weight excluding hydrogens is 325 g/mol. The van der Waals surface area contributed by atoms with Crippen molar-refractivity contribution in [3.8, 4) is 0 Å². The average molecular weight is 338 g/mol. The lowest BCUT2D eigenvalue weighted by molar-refractivity contribution is -0.136. The van der Waals surface area contributed by atoms with Crippen LogP contribution in [0.5, 0.6) is 0 Å². The van der Waals surface area contributed by atoms with E-state index in [0.29, 0.717) is 12.2 Å². The number of carboxylic acid groups (broad SMARTS) is 1. The first-order chi connectivity index (χ1) is 9.56. The molecule has 0 aromatic heterocycles. The Morgan fingerprint density at radius 1 is 1.20 bits per heavy atom. The monoisotopic (exact) mass is 337 g/mol. The van der Waals surface area contributed by atoms with E-state index in [1.807, 2.05) is 12.1 Å². The maximum absolute atomic E-state index is 13.2. The standard InChI is InChI=1S/C15H13BrFNO2/c16-13-6-5-12(17)8-14(13)18-9-11-4-2-1-3-10(11)7-15(19)20/h1-6,8,18H,7,9H2,(H,19,20). The second-order valence-corrected chi connectivity index (χ2v) is 5.17. The highest BCUT2D eigenvalue weighted by atomic mass is 79.9. The zero-order valence-electron chi connectivity index (χ0n) is 10.6. The molecule has 2 aromatic rings. The molecule has 0 fully saturated rings. The fraction of sp³-hybridized carbons (Fsp3) is 0.133. The molecule has 0 radical (unpaired) electrons. The van der Waals surface area contributed by atoms with Crippen LogP contribution in [0.15, 0.2) is 46.9 Å². The van der Waals surface area contributed by atoms with Crippen LogP contribution in [0.4, 0.5) is 10.1 Å². The third-order valence-electron chi connectivity index (χ3n) is 2.86. The molecule has 5 heteroatoms. The molecule has 0 aliphatic heterocycles. The number of anilines is 1. The second kappa shape index (κ2) is 6.52. The van der Waals surface area contributed by atoms with Gasteiger partial charge in [-0.1, -0.05) is 24.3 Å². The van der Waals surface area contributed by atoms with E-state index in [4.69, 9.17) is 5.11 Å². The van der Waals surface area contributed by atoms with Crippen molar-refractivity contribution in [2.75, 3.05) is 5.32 Å². The van der Waals surface area contributed by atoms with Crippen LogP contribution in [0.25, 0.3) is 0 Å². The Morgan fingerprint density at radius 3 is 2.60 bits per heavy atom. The topological polar surface area (TPSA) is 49.3 Å². The fourth-order valence-corrected chi connectivity index (χ4v) is 2.28. The number of benzene rings is 2. The van der Waals surface area contributed by atoms with Gasteiger partial charge in [-0.2, -0.15) is 0 Å². The van der Waals surface area contributed by atoms with Gasteiger partial charge < -0.3 is 10.4 Å². The minimum absolute atomic E-state index is 0.0256. The van der Waals surface area contributed by atoms with Crippen LogP contribution in [0.2, 0.25) is 0 Å². The van der Waals surface area contributed by atoms with Crippen LogP contribution < -0.4 is 5.32 Å². The highest BCUT2D eigenvalue weighted by Gasteiger charge is 2.07. The van der Waals surface area contributed by atoms with Gasteiger partial charge >= 0.3 is 5.97 Å². The van der Waals surface area contributed by atoms with Crippen LogP contribution in [-0.2, 0) is 17.8 Å². The van der Waals surface area contributed by atoms with Gasteiger partial charge in [-0.15, -0.1) is 0 Å². The summed E-state index contributed by atoms with van der Waals surface area (Å²) >= 11 is 3.34. The summed E-state index contributed by atoms with van der Waals surface area (Å²) in [5.41, 5.74) is 2.27. The van der Waals surface area contributed by atoms with Gasteiger partial charge in [0, 0.05) is 11.0 Å². The van der Waals surface area contributed by atoms with E-state index in [1.54, 1.807) is 18.2 Å². The maximum atomic E-state index is 13.2. The summed E-state index contributed by atoms with van der Waals surface area (Å²) in [5, 5.41) is 12.0. The minimum Gasteiger partial charge on any atom is -0.481 e. The van der Waals surface area contributed by atoms with Crippen molar-refractivity contribution in [1.29, 1.82) is 0 Å². The Balaban J connectivity index is 2.14. The first-order valence-electron chi connectivity index (χ1n) is 6.04. The number of rotatable bonds is 5. The van der Waals surface area contributed by atoms with Crippen molar-refractivity contribution in [2.24, 2.45) is 0 Å². The molecule has 3 nitrogen and oxygen atoms in total. The van der Waals surface area contributed by atoms with Gasteiger partial charge in [0.25, 0.3) is 0 Å². The van der Waals surface area contributed by atoms with Crippen LogP contribution in [0, 0.1) is 5.82 Å². The van der Waals surface area contributed by atoms with Gasteiger partial charge in [0.05, 0.1) is 12.1 Å². The largest absolute Gasteiger partial charge is 0.481 e. The van der Waals surface area contributed by atoms with E-state index in [2.05, 4.69) is 21.2 Å². The van der Waals surface area contributed by atoms with Crippen molar-refractivity contribution in [3.63, 3.8) is 0 Å². The van der Waals surface area contributed by atoms with Gasteiger partial charge in [0.15, 0.2) is 0 Å². The Hall–Kier alpha value is -1.88. The SMILES string of the molecule is O=C(O)Cc1ccccc1CNc1cc(F)ccc1Br. The van der Waals surface area contributed by atoms with E-state index < -0.39 is 5.97 Å². The van der Waals surface area contributed by atoms with Crippen molar-refractivity contribution in [3.05, 3.63) is 63.9 Å². The highest BCUT2D eigenvalue weighted by molar-refractivity contribution is 9.10. The lowest BCUT2D eigenvalue weighted by Crippen LogP contribution is -2.07. The van der Waals surface area contributed by atoms with Crippen molar-refractivity contribution < 1.29 is 14.3 Å². The summed E-state index contributed by atoms with van der Waals surface area (Å²) in [7, 11) is 0. The molecule has 104 valence electrons. The summed E-state index contributed by atoms with van der Waals surface area (Å²) in [6, 6.07) is 11.7. The summed E-state index contributed by atoms with van der Waals surface area (Å²) in [5.74, 6) is -1.20. The Labute approximate surface area is 124 Å². The summed E-state index contributed by atoms with van der Waals surface area (Å²) in [4.78, 5) is 10.8. The Morgan fingerprint density at radius 2 is 1.90 bits per heavy atom. The fourth-order valence-electron chi connectivity index (χ4n) is 1.89. The molecule has 2 rings (SSSR count). The summed E-state index contributed by atoms with van der Waals surface area (Å²) in [6.45, 7) is 0.436. The summed E-state index contributed by atoms with van der Waals surface area (Å²) < 4.78 is 13.9. The number of halogens is 2. The molecule has 20 heavy (non-hydrogen) atoms. The molecule has 0 atom stereocenters. The number of hydrogen-bond donors (Lipinski definition) is 2. The zero-order chi connectivity index (χ0) is 14.5. The van der Waals surface area contributed by atoms with E-state index in [0.717, 1.165) is 15.6 Å². The average Bonchev–Trinajstić information content (AvgIpc) is 2.41. The Bertz CT molecular complexity index is 631. The first-order valence-corrected chi connectivity index (χ1v) is 6.83. The quantitative estimate of drug-likeness (QED) is 0.871. The molecule has 2 aromatic carbocycles. The van der Waals surface area contributed by atoms with Crippen LogP contribution in [-0.4, -0.2) is 11.1 Å². The molecule has 0 bridgehead atoms. The van der Waals surface area contributed by atoms with E-state index >= 15 is 0 Å². The molecule has 0 spiro atoms. The number of hydrogen-bond acceptors (Lipinski definition) is 2. The highest BCUT2D eigenvalue weighted by Crippen LogP contribution is 2.24. The lowest BCUT2D eigenvalue weighted by Gasteiger charge is -2.11. The molecule has 0 aliphatic carbocycles. The van der Waals surface area contributed by atoms with E-state index in [-0.39, 0.29) is 12.2 Å². The van der Waals surface area contributed by atoms with Crippen LogP contribution in [0.3, 0.4) is 0 Å². The molecule has 2 N–H and O–H groups in total. The molecule has 0 amide bonds. The van der Waals surface area contributed by atoms with Gasteiger partial charge in [0.2, 0.25) is 0 Å². The smallest absolute Gasteiger partial charge is 0.307 e. The normalized spacial score (nSPS) is 10.3. The van der Waals surface area contributed by atoms with Gasteiger partial charge in [-0.3, -0.25) is 4.79 Å². The number of nitrogens with one attached hydrogen (secondary N) is 1. The van der Waals surface area contributed by atoms with Crippen molar-refractivity contribution in [2.45, 2.75) is 13.0 Å². The van der Waals surface area contributed by atoms with Crippen LogP contribution in [0.1, 0.15) is 11.1 Å². The summed E-state index contributed by atoms with van der Waals surface area (Å²) in [6.07, 6.45) is -0.0256. The number of carboxylic acids is 1. The number of carbonyl (C=O) groups is 1. The van der Waals surface area contributed by atoms with Gasteiger partial charge in [-0.05, 0) is 45.3 Å². The van der Waals surface area contributed by atoms with E-state index in [1.165, 1.54) is 12.1 Å². The number of aliphatic carboxylic acids is 1. The third-order valence-corrected chi connectivity index (χ3v) is 3.55. The lowest BCUT2D eigenvalue weighted by atomic mass is 10.0. The zero-order valence-corrected chi connectivity index (χ0v) is 12.2. The first kappa shape index (κ1) is 14.5. The molecule has 0 heterocycles. The van der Waals surface area contributed by atoms with Gasteiger partial charge in [-0.25, -0.2) is 4.39 Å². The Kier molecular flexibility index (Phi) is 4.74. The van der Waals surface area contributed by atoms with Crippen molar-refractivity contribution >= 4 is 27.6 Å². The van der Waals surface area contributed by atoms with Gasteiger partial charge in [0.1, 0.15) is 5.82 Å². The molecule has 0 saturated carbocycles. The molecule has 0 saturated heterocycles. The van der Waals surface area contributed by atoms with Crippen LogP contribution >= 0.6 is 15.9 Å². The minimum atomic E-state index is -0.871. The second-order valence-electron chi connectivity index (χ2n) is 4.32. The van der Waals surface area contributed by atoms with Crippen molar-refractivity contribution in [1.82, 2.24) is 0 Å². The predicted molar refractivity (Wildman–Crippen MR) is 79.2 cm³/mol.